The van der Waals surface area contributed by atoms with Gasteiger partial charge < -0.3 is 24.8 Å². The topological polar surface area (TPSA) is 0 Å². The van der Waals surface area contributed by atoms with Crippen LogP contribution >= 0.6 is 0 Å². The summed E-state index contributed by atoms with van der Waals surface area (Å²) in [5.41, 5.74) is 0. The summed E-state index contributed by atoms with van der Waals surface area (Å²) in [4.78, 5) is 0. The van der Waals surface area contributed by atoms with E-state index >= 15 is 0 Å². The van der Waals surface area contributed by atoms with Gasteiger partial charge in [-0.25, -0.2) is 24.3 Å². The van der Waals surface area contributed by atoms with E-state index in [0.717, 1.165) is 12.8 Å². The first-order valence-corrected chi connectivity index (χ1v) is 19.1. The van der Waals surface area contributed by atoms with E-state index in [4.69, 9.17) is 0 Å². The van der Waals surface area contributed by atoms with Gasteiger partial charge >= 0.3 is 0 Å². The van der Waals surface area contributed by atoms with Crippen LogP contribution < -0.4 is 24.8 Å². The summed E-state index contributed by atoms with van der Waals surface area (Å²) in [7, 11) is -1.62. The molecule has 0 unspecified atom stereocenters. The van der Waals surface area contributed by atoms with E-state index in [-0.39, 0.29) is 68.2 Å². The van der Waals surface area contributed by atoms with Crippen LogP contribution in [0.25, 0.3) is 0 Å². The molecule has 2 heterocycles. The Hall–Kier alpha value is 0.362. The Morgan fingerprint density at radius 1 is 0.605 bits per heavy atom. The molecule has 0 saturated carbocycles. The molecular weight excluding hydrogens is 607 g/mol. The molecule has 6 rings (SSSR count). The predicted octanol–water partition coefficient (Wildman–Crippen LogP) is 3.96. The molecule has 0 nitrogen and oxygen atoms in total. The van der Waals surface area contributed by atoms with Crippen molar-refractivity contribution in [3.05, 3.63) is 95.5 Å². The molecule has 38 heavy (non-hydrogen) atoms. The number of halogens is 2. The average Bonchev–Trinajstić information content (AvgIpc) is 3.62. The maximum absolute atomic E-state index is 2.99. The van der Waals surface area contributed by atoms with Gasteiger partial charge in [-0.15, -0.1) is 12.8 Å². The summed E-state index contributed by atoms with van der Waals surface area (Å²) >= 11 is 0. The predicted molar refractivity (Wildman–Crippen MR) is 157 cm³/mol. The third kappa shape index (κ3) is 12.5. The van der Waals surface area contributed by atoms with Crippen LogP contribution in [-0.2, 0) is 43.4 Å². The summed E-state index contributed by atoms with van der Waals surface area (Å²) in [6, 6.07) is 9.48. The normalized spacial score (nSPS) is 20.6. The van der Waals surface area contributed by atoms with Crippen molar-refractivity contribution in [3.8, 4) is 0 Å². The van der Waals surface area contributed by atoms with Crippen LogP contribution in [0.3, 0.4) is 0 Å². The van der Waals surface area contributed by atoms with E-state index in [0.29, 0.717) is 0 Å². The minimum absolute atomic E-state index is 0. The monoisotopic (exact) mass is 652 g/mol. The maximum atomic E-state index is 2.99. The molecular formula is C32H46Cl2Si2Ti2-4. The largest absolute Gasteiger partial charge is 1.00 e. The van der Waals surface area contributed by atoms with Crippen LogP contribution in [-0.4, -0.2) is 16.1 Å². The SMILES string of the molecule is CCC[Si]1(C2=CC=CC2)CCC1.CCC[Si]1(C2=CC=CC2)CCC1.[C-]1=CC=CC1.[C-]1=CC=CC1.[Cl-].[Cl-].[Ti].[Ti]. The Morgan fingerprint density at radius 3 is 1.16 bits per heavy atom. The molecule has 0 spiro atoms. The van der Waals surface area contributed by atoms with Crippen LogP contribution in [0.1, 0.15) is 65.2 Å². The van der Waals surface area contributed by atoms with Crippen LogP contribution in [0.15, 0.2) is 83.3 Å². The van der Waals surface area contributed by atoms with Gasteiger partial charge in [-0.05, 0) is 12.8 Å². The first-order valence-electron chi connectivity index (χ1n) is 13.9. The molecule has 208 valence electrons. The van der Waals surface area contributed by atoms with Crippen LogP contribution in [0.4, 0.5) is 0 Å². The molecule has 0 aromatic rings. The molecule has 6 heteroatoms. The summed E-state index contributed by atoms with van der Waals surface area (Å²) in [6.45, 7) is 4.69. The minimum Gasteiger partial charge on any atom is -1.00 e. The van der Waals surface area contributed by atoms with Crippen LogP contribution in [0.2, 0.25) is 36.3 Å². The summed E-state index contributed by atoms with van der Waals surface area (Å²) < 4.78 is 0. The molecule has 2 saturated heterocycles. The van der Waals surface area contributed by atoms with Crippen LogP contribution in [0.5, 0.6) is 0 Å². The van der Waals surface area contributed by atoms with Crippen molar-refractivity contribution in [1.82, 2.24) is 0 Å². The zero-order valence-electron chi connectivity index (χ0n) is 23.6. The van der Waals surface area contributed by atoms with E-state index in [2.05, 4.69) is 74.6 Å². The first kappa shape index (κ1) is 40.5. The van der Waals surface area contributed by atoms with Gasteiger partial charge in [0, 0.05) is 43.4 Å². The summed E-state index contributed by atoms with van der Waals surface area (Å²) in [5.74, 6) is 0. The molecule has 2 aliphatic heterocycles. The smallest absolute Gasteiger partial charge is 0.0819 e. The fourth-order valence-electron chi connectivity index (χ4n) is 5.99. The summed E-state index contributed by atoms with van der Waals surface area (Å²) in [5, 5.41) is 3.71. The number of allylic oxidation sites excluding steroid dienone is 16. The molecule has 6 aliphatic rings. The molecule has 0 radical (unpaired) electrons. The van der Waals surface area contributed by atoms with Gasteiger partial charge in [0.15, 0.2) is 0 Å². The quantitative estimate of drug-likeness (QED) is 0.301. The fraction of sp³-hybridized carbons (Fsp3) is 0.500. The number of hydrogen-bond donors (Lipinski definition) is 0. The van der Waals surface area contributed by atoms with Gasteiger partial charge in [-0.3, -0.25) is 12.2 Å². The second-order valence-corrected chi connectivity index (χ2v) is 19.8. The zero-order valence-corrected chi connectivity index (χ0v) is 30.2. The number of hydrogen-bond acceptors (Lipinski definition) is 0. The van der Waals surface area contributed by atoms with Gasteiger partial charge in [-0.2, -0.15) is 12.2 Å². The molecule has 0 amide bonds. The fourth-order valence-corrected chi connectivity index (χ4v) is 15.2. The number of rotatable bonds is 6. The van der Waals surface area contributed by atoms with Gasteiger partial charge in [0.2, 0.25) is 0 Å². The summed E-state index contributed by atoms with van der Waals surface area (Å²) in [6.07, 6.45) is 42.5. The Labute approximate surface area is 279 Å². The molecule has 2 fully saturated rings. The third-order valence-electron chi connectivity index (χ3n) is 8.16. The first-order chi connectivity index (χ1) is 16.7. The van der Waals surface area contributed by atoms with Gasteiger partial charge in [0.05, 0.1) is 16.1 Å². The Morgan fingerprint density at radius 2 is 1.00 bits per heavy atom. The van der Waals surface area contributed by atoms with Crippen molar-refractivity contribution in [1.29, 1.82) is 0 Å². The molecule has 0 atom stereocenters. The van der Waals surface area contributed by atoms with Crippen LogP contribution in [0, 0.1) is 12.2 Å². The van der Waals surface area contributed by atoms with Crippen molar-refractivity contribution in [2.45, 2.75) is 101 Å². The minimum atomic E-state index is -0.811. The van der Waals surface area contributed by atoms with E-state index in [1.807, 2.05) is 34.7 Å². The molecule has 4 aliphatic carbocycles. The van der Waals surface area contributed by atoms with Gasteiger partial charge in [0.1, 0.15) is 0 Å². The Kier molecular flexibility index (Phi) is 24.5. The molecule has 0 aromatic heterocycles. The Bertz CT molecular complexity index is 782. The van der Waals surface area contributed by atoms with E-state index in [1.165, 1.54) is 38.5 Å². The van der Waals surface area contributed by atoms with Crippen molar-refractivity contribution in [2.24, 2.45) is 0 Å². The van der Waals surface area contributed by atoms with E-state index in [9.17, 15) is 0 Å². The van der Waals surface area contributed by atoms with E-state index in [1.54, 1.807) is 36.3 Å². The van der Waals surface area contributed by atoms with Crippen molar-refractivity contribution < 1.29 is 68.2 Å². The second-order valence-electron chi connectivity index (χ2n) is 10.4. The molecule has 0 aromatic carbocycles. The maximum Gasteiger partial charge on any atom is 0.0819 e. The van der Waals surface area contributed by atoms with Crippen molar-refractivity contribution in [3.63, 3.8) is 0 Å². The van der Waals surface area contributed by atoms with Crippen molar-refractivity contribution in [2.75, 3.05) is 0 Å². The third-order valence-corrected chi connectivity index (χ3v) is 19.8. The molecule has 0 bridgehead atoms. The Balaban J connectivity index is 0. The zero-order chi connectivity index (χ0) is 24.0. The van der Waals surface area contributed by atoms with Gasteiger partial charge in [-0.1, -0.05) is 123 Å². The second kappa shape index (κ2) is 23.0. The van der Waals surface area contributed by atoms with Crippen molar-refractivity contribution >= 4 is 16.1 Å². The average molecular weight is 654 g/mol. The molecule has 0 N–H and O–H groups in total. The van der Waals surface area contributed by atoms with Gasteiger partial charge in [0.25, 0.3) is 0 Å². The standard InChI is InChI=1S/2C11H18Si.2C5H5.2ClH.2Ti/c2*1-2-8-12(9-5-10-12)11-6-3-4-7-11;2*1-2-4-5-3-1;;;;/h2*3-4,6H,2,5,7-10H2,1H3;2*1-3H,4H2;2*1H;;/q;;2*-1;;;;/p-2. The van der Waals surface area contributed by atoms with E-state index < -0.39 is 16.1 Å².